The maximum absolute atomic E-state index is 12.2. The fraction of sp³-hybridized carbons (Fsp3) is 0.375. The van der Waals surface area contributed by atoms with Crippen molar-refractivity contribution in [3.05, 3.63) is 42.2 Å². The van der Waals surface area contributed by atoms with Gasteiger partial charge in [0.1, 0.15) is 0 Å². The Kier molecular flexibility index (Phi) is 4.63. The van der Waals surface area contributed by atoms with Crippen molar-refractivity contribution >= 4 is 16.6 Å². The topological polar surface area (TPSA) is 42.0 Å². The zero-order chi connectivity index (χ0) is 13.7. The molecule has 0 spiro atoms. The fourth-order valence-corrected chi connectivity index (χ4v) is 2.13. The van der Waals surface area contributed by atoms with Gasteiger partial charge >= 0.3 is 0 Å². The van der Waals surface area contributed by atoms with Crippen molar-refractivity contribution < 1.29 is 4.79 Å². The third-order valence-electron chi connectivity index (χ3n) is 3.12. The summed E-state index contributed by atoms with van der Waals surface area (Å²) in [6.07, 6.45) is 4.97. The zero-order valence-corrected chi connectivity index (χ0v) is 11.5. The second-order valence-electron chi connectivity index (χ2n) is 5.04. The highest BCUT2D eigenvalue weighted by atomic mass is 16.1. The lowest BCUT2D eigenvalue weighted by molar-refractivity contribution is 0.0981. The van der Waals surface area contributed by atoms with E-state index in [9.17, 15) is 4.79 Å². The highest BCUT2D eigenvalue weighted by Crippen LogP contribution is 2.19. The van der Waals surface area contributed by atoms with E-state index in [1.807, 2.05) is 24.3 Å². The van der Waals surface area contributed by atoms with Crippen LogP contribution in [0.4, 0.5) is 0 Å². The van der Waals surface area contributed by atoms with Crippen LogP contribution in [0.1, 0.15) is 37.0 Å². The Hall–Kier alpha value is -1.74. The number of pyridine rings is 1. The molecule has 1 aromatic carbocycles. The molecule has 0 unspecified atom stereocenters. The number of Topliss-reactive ketones (excluding diaryl/α,β-unsaturated/α-hetero) is 1. The van der Waals surface area contributed by atoms with E-state index in [0.29, 0.717) is 12.5 Å². The zero-order valence-electron chi connectivity index (χ0n) is 11.5. The van der Waals surface area contributed by atoms with Gasteiger partial charge in [-0.05, 0) is 24.4 Å². The summed E-state index contributed by atoms with van der Waals surface area (Å²) in [6.45, 7) is 5.10. The number of aromatic nitrogens is 1. The Bertz CT molecular complexity index is 558. The number of hydrogen-bond donors (Lipinski definition) is 1. The van der Waals surface area contributed by atoms with Crippen LogP contribution < -0.4 is 5.32 Å². The monoisotopic (exact) mass is 256 g/mol. The van der Waals surface area contributed by atoms with Crippen LogP contribution >= 0.6 is 0 Å². The smallest absolute Gasteiger partial charge is 0.163 e. The van der Waals surface area contributed by atoms with E-state index in [0.717, 1.165) is 29.3 Å². The minimum atomic E-state index is 0.198. The molecule has 0 aliphatic heterocycles. The first-order chi connectivity index (χ1) is 9.18. The van der Waals surface area contributed by atoms with E-state index < -0.39 is 0 Å². The van der Waals surface area contributed by atoms with E-state index in [-0.39, 0.29) is 5.78 Å². The molecule has 1 N–H and O–H groups in total. The van der Waals surface area contributed by atoms with Gasteiger partial charge in [0, 0.05) is 35.8 Å². The number of rotatable bonds is 6. The molecule has 0 bridgehead atoms. The quantitative estimate of drug-likeness (QED) is 0.637. The minimum absolute atomic E-state index is 0.198. The van der Waals surface area contributed by atoms with Gasteiger partial charge in [0.05, 0.1) is 0 Å². The third kappa shape index (κ3) is 3.61. The molecule has 0 radical (unpaired) electrons. The highest BCUT2D eigenvalue weighted by Gasteiger charge is 2.09. The van der Waals surface area contributed by atoms with Gasteiger partial charge < -0.3 is 5.32 Å². The molecule has 0 atom stereocenters. The Morgan fingerprint density at radius 2 is 2.16 bits per heavy atom. The third-order valence-corrected chi connectivity index (χ3v) is 3.12. The van der Waals surface area contributed by atoms with Gasteiger partial charge in [-0.3, -0.25) is 9.78 Å². The van der Waals surface area contributed by atoms with Crippen LogP contribution in [0.15, 0.2) is 36.7 Å². The largest absolute Gasteiger partial charge is 0.315 e. The van der Waals surface area contributed by atoms with Crippen LogP contribution in [0.25, 0.3) is 10.8 Å². The Balaban J connectivity index is 2.05. The normalized spacial score (nSPS) is 11.1. The van der Waals surface area contributed by atoms with Crippen molar-refractivity contribution in [1.29, 1.82) is 0 Å². The number of fused-ring (bicyclic) bond motifs is 1. The predicted octanol–water partition coefficient (Wildman–Crippen LogP) is 3.20. The molecule has 2 aromatic rings. The molecule has 0 aliphatic rings. The summed E-state index contributed by atoms with van der Waals surface area (Å²) < 4.78 is 0. The number of nitrogens with one attached hydrogen (secondary N) is 1. The number of carbonyl (C=O) groups excluding carboxylic acids is 1. The lowest BCUT2D eigenvalue weighted by Crippen LogP contribution is -2.24. The first kappa shape index (κ1) is 13.7. The van der Waals surface area contributed by atoms with Crippen molar-refractivity contribution in [3.8, 4) is 0 Å². The molecule has 0 amide bonds. The molecular weight excluding hydrogens is 236 g/mol. The van der Waals surface area contributed by atoms with Gasteiger partial charge in [0.2, 0.25) is 0 Å². The Morgan fingerprint density at radius 1 is 1.32 bits per heavy atom. The summed E-state index contributed by atoms with van der Waals surface area (Å²) in [6, 6.07) is 8.24. The molecule has 3 heteroatoms. The minimum Gasteiger partial charge on any atom is -0.315 e. The average molecular weight is 256 g/mol. The number of carbonyl (C=O) groups is 1. The molecule has 0 saturated heterocycles. The Labute approximate surface area is 114 Å². The summed E-state index contributed by atoms with van der Waals surface area (Å²) in [5, 5.41) is 5.35. The maximum Gasteiger partial charge on any atom is 0.163 e. The van der Waals surface area contributed by atoms with Crippen LogP contribution in [0.5, 0.6) is 0 Å². The number of ketones is 1. The summed E-state index contributed by atoms with van der Waals surface area (Å²) in [4.78, 5) is 16.4. The number of hydrogen-bond acceptors (Lipinski definition) is 3. The van der Waals surface area contributed by atoms with Gasteiger partial charge in [-0.1, -0.05) is 32.0 Å². The van der Waals surface area contributed by atoms with Crippen LogP contribution in [-0.4, -0.2) is 23.4 Å². The average Bonchev–Trinajstić information content (AvgIpc) is 2.42. The van der Waals surface area contributed by atoms with Gasteiger partial charge in [0.25, 0.3) is 0 Å². The number of nitrogens with zero attached hydrogens (tertiary/aromatic N) is 1. The molecule has 19 heavy (non-hydrogen) atoms. The van der Waals surface area contributed by atoms with Gasteiger partial charge in [-0.25, -0.2) is 0 Å². The van der Waals surface area contributed by atoms with E-state index in [4.69, 9.17) is 0 Å². The molecule has 1 heterocycles. The first-order valence-electron chi connectivity index (χ1n) is 6.78. The van der Waals surface area contributed by atoms with Crippen LogP contribution in [-0.2, 0) is 0 Å². The predicted molar refractivity (Wildman–Crippen MR) is 78.4 cm³/mol. The molecular formula is C16H20N2O. The van der Waals surface area contributed by atoms with Crippen LogP contribution in [0.2, 0.25) is 0 Å². The SMILES string of the molecule is CC(C)NCCCC(=O)c1cccc2ccncc12. The fourth-order valence-electron chi connectivity index (χ4n) is 2.13. The van der Waals surface area contributed by atoms with Gasteiger partial charge in [-0.2, -0.15) is 0 Å². The van der Waals surface area contributed by atoms with Crippen LogP contribution in [0, 0.1) is 0 Å². The number of benzene rings is 1. The van der Waals surface area contributed by atoms with E-state index in [2.05, 4.69) is 24.1 Å². The lowest BCUT2D eigenvalue weighted by Gasteiger charge is -2.08. The van der Waals surface area contributed by atoms with Gasteiger partial charge in [0.15, 0.2) is 5.78 Å². The molecule has 1 aromatic heterocycles. The van der Waals surface area contributed by atoms with Crippen molar-refractivity contribution in [2.75, 3.05) is 6.54 Å². The van der Waals surface area contributed by atoms with E-state index >= 15 is 0 Å². The maximum atomic E-state index is 12.2. The summed E-state index contributed by atoms with van der Waals surface area (Å²) in [7, 11) is 0. The molecule has 0 aliphatic carbocycles. The molecule has 2 rings (SSSR count). The summed E-state index contributed by atoms with van der Waals surface area (Å²) in [5.41, 5.74) is 0.787. The second-order valence-corrected chi connectivity index (χ2v) is 5.04. The molecule has 0 fully saturated rings. The Morgan fingerprint density at radius 3 is 2.95 bits per heavy atom. The van der Waals surface area contributed by atoms with Crippen molar-refractivity contribution in [3.63, 3.8) is 0 Å². The van der Waals surface area contributed by atoms with Gasteiger partial charge in [-0.15, -0.1) is 0 Å². The summed E-state index contributed by atoms with van der Waals surface area (Å²) in [5.74, 6) is 0.198. The van der Waals surface area contributed by atoms with Crippen molar-refractivity contribution in [2.45, 2.75) is 32.7 Å². The van der Waals surface area contributed by atoms with Crippen molar-refractivity contribution in [1.82, 2.24) is 10.3 Å². The van der Waals surface area contributed by atoms with Crippen molar-refractivity contribution in [2.24, 2.45) is 0 Å². The molecule has 100 valence electrons. The van der Waals surface area contributed by atoms with E-state index in [1.54, 1.807) is 12.4 Å². The lowest BCUT2D eigenvalue weighted by atomic mass is 10.0. The molecule has 3 nitrogen and oxygen atoms in total. The van der Waals surface area contributed by atoms with Crippen LogP contribution in [0.3, 0.4) is 0 Å². The van der Waals surface area contributed by atoms with E-state index in [1.165, 1.54) is 0 Å². The second kappa shape index (κ2) is 6.43. The summed E-state index contributed by atoms with van der Waals surface area (Å²) >= 11 is 0. The first-order valence-corrected chi connectivity index (χ1v) is 6.78. The highest BCUT2D eigenvalue weighted by molar-refractivity contribution is 6.07. The molecule has 0 saturated carbocycles. The standard InChI is InChI=1S/C16H20N2O/c1-12(2)18-9-4-7-16(19)14-6-3-5-13-8-10-17-11-15(13)14/h3,5-6,8,10-12,18H,4,7,9H2,1-2H3.